The van der Waals surface area contributed by atoms with Gasteiger partial charge in [0.15, 0.2) is 5.78 Å². The van der Waals surface area contributed by atoms with Crippen molar-refractivity contribution >= 4 is 26.0 Å². The van der Waals surface area contributed by atoms with Crippen molar-refractivity contribution in [2.24, 2.45) is 0 Å². The van der Waals surface area contributed by atoms with Crippen LogP contribution in [0.15, 0.2) is 48.5 Å². The number of hydrogen-bond acceptors (Lipinski definition) is 7. The molecule has 2 aromatic carbocycles. The van der Waals surface area contributed by atoms with Crippen LogP contribution in [0.3, 0.4) is 0 Å². The molecule has 7 nitrogen and oxygen atoms in total. The molecule has 0 bridgehead atoms. The van der Waals surface area contributed by atoms with Gasteiger partial charge in [-0.3, -0.25) is 4.79 Å². The summed E-state index contributed by atoms with van der Waals surface area (Å²) < 4.78 is 125. The summed E-state index contributed by atoms with van der Waals surface area (Å²) in [4.78, 5) is 12.3. The Bertz CT molecular complexity index is 1040. The second kappa shape index (κ2) is 7.79. The monoisotopic (exact) mass is 478 g/mol. The Morgan fingerprint density at radius 3 is 1.10 bits per heavy atom. The first-order valence-corrected chi connectivity index (χ1v) is 10.1. The minimum Gasteiger partial charge on any atom is -0.376 e. The standard InChI is InChI=1S/C15H8F6O7S2/c16-14(17,18)29(23,24)27-11-5-1-9(2-6-11)13(22)10-3-7-12(8-4-10)28-30(25,26)15(19,20)21/h1-8H. The average Bonchev–Trinajstić information content (AvgIpc) is 2.60. The van der Waals surface area contributed by atoms with Crippen LogP contribution in [0.2, 0.25) is 0 Å². The molecule has 2 rings (SSSR count). The van der Waals surface area contributed by atoms with Gasteiger partial charge in [-0.15, -0.1) is 0 Å². The van der Waals surface area contributed by atoms with Gasteiger partial charge in [-0.05, 0) is 48.5 Å². The summed E-state index contributed by atoms with van der Waals surface area (Å²) in [6.45, 7) is 0. The van der Waals surface area contributed by atoms with Crippen molar-refractivity contribution in [1.82, 2.24) is 0 Å². The quantitative estimate of drug-likeness (QED) is 0.271. The first-order valence-electron chi connectivity index (χ1n) is 7.30. The molecule has 15 heteroatoms. The highest BCUT2D eigenvalue weighted by atomic mass is 32.2. The van der Waals surface area contributed by atoms with Crippen molar-refractivity contribution in [3.8, 4) is 11.5 Å². The lowest BCUT2D eigenvalue weighted by atomic mass is 10.0. The molecule has 2 aromatic rings. The van der Waals surface area contributed by atoms with Crippen molar-refractivity contribution in [2.45, 2.75) is 11.0 Å². The molecule has 0 amide bonds. The Morgan fingerprint density at radius 2 is 0.867 bits per heavy atom. The molecular formula is C15H8F6O7S2. The summed E-state index contributed by atoms with van der Waals surface area (Å²) in [6, 6.07) is 6.91. The molecule has 0 aliphatic heterocycles. The molecular weight excluding hydrogens is 470 g/mol. The Balaban J connectivity index is 2.16. The largest absolute Gasteiger partial charge is 0.534 e. The topological polar surface area (TPSA) is 104 Å². The number of alkyl halides is 6. The van der Waals surface area contributed by atoms with Gasteiger partial charge in [0.2, 0.25) is 0 Å². The van der Waals surface area contributed by atoms with Crippen LogP contribution < -0.4 is 8.37 Å². The van der Waals surface area contributed by atoms with Gasteiger partial charge in [-0.1, -0.05) is 0 Å². The van der Waals surface area contributed by atoms with Crippen LogP contribution in [0.25, 0.3) is 0 Å². The molecule has 164 valence electrons. The Hall–Kier alpha value is -2.81. The van der Waals surface area contributed by atoms with Crippen LogP contribution in [0.5, 0.6) is 11.5 Å². The normalized spacial score (nSPS) is 13.0. The molecule has 30 heavy (non-hydrogen) atoms. The second-order valence-corrected chi connectivity index (χ2v) is 8.42. The van der Waals surface area contributed by atoms with Crippen LogP contribution in [-0.4, -0.2) is 33.6 Å². The predicted molar refractivity (Wildman–Crippen MR) is 87.5 cm³/mol. The number of ketones is 1. The highest BCUT2D eigenvalue weighted by Crippen LogP contribution is 2.28. The SMILES string of the molecule is O=C(c1ccc(OS(=O)(=O)C(F)(F)F)cc1)c1ccc(OS(=O)(=O)C(F)(F)F)cc1. The number of halogens is 6. The fourth-order valence-corrected chi connectivity index (χ4v) is 2.76. The minimum absolute atomic E-state index is 0.136. The van der Waals surface area contributed by atoms with E-state index in [1.54, 1.807) is 0 Å². The Morgan fingerprint density at radius 1 is 0.600 bits per heavy atom. The van der Waals surface area contributed by atoms with E-state index in [0.717, 1.165) is 48.5 Å². The zero-order valence-electron chi connectivity index (χ0n) is 14.1. The van der Waals surface area contributed by atoms with E-state index in [4.69, 9.17) is 0 Å². The van der Waals surface area contributed by atoms with Gasteiger partial charge in [-0.2, -0.15) is 43.2 Å². The lowest BCUT2D eigenvalue weighted by Crippen LogP contribution is -2.28. The van der Waals surface area contributed by atoms with E-state index in [2.05, 4.69) is 8.37 Å². The van der Waals surface area contributed by atoms with Gasteiger partial charge in [0, 0.05) is 11.1 Å². The molecule has 0 saturated carbocycles. The summed E-state index contributed by atoms with van der Waals surface area (Å²) in [6.07, 6.45) is 0. The summed E-state index contributed by atoms with van der Waals surface area (Å²) in [5.74, 6) is -2.19. The van der Waals surface area contributed by atoms with Gasteiger partial charge in [0.25, 0.3) is 0 Å². The molecule has 0 aromatic heterocycles. The molecule has 0 radical (unpaired) electrons. The first-order chi connectivity index (χ1) is 13.5. The molecule has 0 atom stereocenters. The third-order valence-electron chi connectivity index (χ3n) is 3.21. The minimum atomic E-state index is -5.89. The third kappa shape index (κ3) is 5.21. The third-order valence-corrected chi connectivity index (χ3v) is 5.17. The fraction of sp³-hybridized carbons (Fsp3) is 0.133. The molecule has 0 aliphatic carbocycles. The van der Waals surface area contributed by atoms with Gasteiger partial charge < -0.3 is 8.37 Å². The maximum Gasteiger partial charge on any atom is 0.534 e. The van der Waals surface area contributed by atoms with Gasteiger partial charge in [0.05, 0.1) is 0 Å². The highest BCUT2D eigenvalue weighted by Gasteiger charge is 2.49. The Kier molecular flexibility index (Phi) is 6.09. The smallest absolute Gasteiger partial charge is 0.376 e. The highest BCUT2D eigenvalue weighted by molar-refractivity contribution is 7.88. The lowest BCUT2D eigenvalue weighted by Gasteiger charge is -2.10. The number of benzene rings is 2. The van der Waals surface area contributed by atoms with Crippen LogP contribution in [0.1, 0.15) is 15.9 Å². The maximum atomic E-state index is 12.3. The van der Waals surface area contributed by atoms with E-state index in [-0.39, 0.29) is 11.1 Å². The summed E-state index contributed by atoms with van der Waals surface area (Å²) in [5.41, 5.74) is -11.6. The molecule has 0 spiro atoms. The predicted octanol–water partition coefficient (Wildman–Crippen LogP) is 3.37. The molecule has 0 aliphatic rings. The Labute approximate surface area is 165 Å². The van der Waals surface area contributed by atoms with E-state index in [0.29, 0.717) is 0 Å². The molecule has 0 fully saturated rings. The van der Waals surface area contributed by atoms with Crippen molar-refractivity contribution in [2.75, 3.05) is 0 Å². The summed E-state index contributed by atoms with van der Waals surface area (Å²) in [7, 11) is -11.8. The van der Waals surface area contributed by atoms with Crippen molar-refractivity contribution in [3.63, 3.8) is 0 Å². The van der Waals surface area contributed by atoms with Crippen molar-refractivity contribution in [1.29, 1.82) is 0 Å². The zero-order chi connectivity index (χ0) is 23.0. The number of carbonyl (C=O) groups excluding carboxylic acids is 1. The molecule has 0 heterocycles. The molecule has 0 saturated heterocycles. The van der Waals surface area contributed by atoms with Gasteiger partial charge >= 0.3 is 31.3 Å². The average molecular weight is 478 g/mol. The number of hydrogen-bond donors (Lipinski definition) is 0. The fourth-order valence-electron chi connectivity index (χ4n) is 1.84. The molecule has 0 N–H and O–H groups in total. The van der Waals surface area contributed by atoms with Crippen molar-refractivity contribution < 1.29 is 56.3 Å². The van der Waals surface area contributed by atoms with E-state index in [1.807, 2.05) is 0 Å². The number of rotatable bonds is 6. The van der Waals surface area contributed by atoms with E-state index in [9.17, 15) is 48.0 Å². The van der Waals surface area contributed by atoms with E-state index in [1.165, 1.54) is 0 Å². The summed E-state index contributed by atoms with van der Waals surface area (Å²) in [5, 5.41) is 0. The van der Waals surface area contributed by atoms with E-state index >= 15 is 0 Å². The second-order valence-electron chi connectivity index (χ2n) is 5.34. The zero-order valence-corrected chi connectivity index (χ0v) is 15.7. The molecule has 0 unspecified atom stereocenters. The number of carbonyl (C=O) groups is 1. The maximum absolute atomic E-state index is 12.3. The first kappa shape index (κ1) is 23.5. The van der Waals surface area contributed by atoms with Crippen LogP contribution >= 0.6 is 0 Å². The lowest BCUT2D eigenvalue weighted by molar-refractivity contribution is -0.0504. The van der Waals surface area contributed by atoms with E-state index < -0.39 is 48.5 Å². The van der Waals surface area contributed by atoms with Crippen LogP contribution in [0, 0.1) is 0 Å². The van der Waals surface area contributed by atoms with Gasteiger partial charge in [-0.25, -0.2) is 0 Å². The summed E-state index contributed by atoms with van der Waals surface area (Å²) >= 11 is 0. The van der Waals surface area contributed by atoms with Gasteiger partial charge in [0.1, 0.15) is 11.5 Å². The van der Waals surface area contributed by atoms with Crippen LogP contribution in [-0.2, 0) is 20.2 Å². The van der Waals surface area contributed by atoms with Crippen LogP contribution in [0.4, 0.5) is 26.3 Å². The van der Waals surface area contributed by atoms with Crippen molar-refractivity contribution in [3.05, 3.63) is 59.7 Å².